The number of non-ortho nitro benzene ring substituents is 1. The monoisotopic (exact) mass is 500 g/mol. The molecule has 0 spiro atoms. The molecule has 1 amide bonds. The van der Waals surface area contributed by atoms with Crippen LogP contribution >= 0.6 is 11.6 Å². The van der Waals surface area contributed by atoms with Crippen LogP contribution in [0, 0.1) is 24.0 Å². The zero-order valence-electron chi connectivity index (χ0n) is 18.3. The predicted octanol–water partition coefficient (Wildman–Crippen LogP) is 4.21. The summed E-state index contributed by atoms with van der Waals surface area (Å²) in [5.41, 5.74) is 4.32. The molecule has 3 aromatic rings. The lowest BCUT2D eigenvalue weighted by Gasteiger charge is -2.24. The van der Waals surface area contributed by atoms with Gasteiger partial charge in [-0.15, -0.1) is 0 Å². The number of anilines is 1. The number of carbonyl (C=O) groups is 1. The minimum Gasteiger partial charge on any atom is -0.271 e. The third-order valence-electron chi connectivity index (χ3n) is 4.77. The van der Waals surface area contributed by atoms with Crippen molar-refractivity contribution in [2.75, 3.05) is 10.8 Å². The first-order valence-corrected chi connectivity index (χ1v) is 11.8. The molecule has 11 heteroatoms. The van der Waals surface area contributed by atoms with Gasteiger partial charge < -0.3 is 0 Å². The molecule has 3 rings (SSSR count). The van der Waals surface area contributed by atoms with Crippen LogP contribution in [-0.2, 0) is 14.8 Å². The van der Waals surface area contributed by atoms with Crippen molar-refractivity contribution in [1.82, 2.24) is 5.43 Å². The number of nitrogens with one attached hydrogen (secondary N) is 1. The van der Waals surface area contributed by atoms with Crippen molar-refractivity contribution in [3.8, 4) is 0 Å². The van der Waals surface area contributed by atoms with Crippen molar-refractivity contribution in [1.29, 1.82) is 0 Å². The van der Waals surface area contributed by atoms with Gasteiger partial charge in [0.25, 0.3) is 21.6 Å². The van der Waals surface area contributed by atoms with Gasteiger partial charge >= 0.3 is 0 Å². The SMILES string of the molecule is Cc1ccc(S(=O)(=O)N(CC(=O)N/N=C\c2cc([N+](=O)[O-])ccc2Cl)c2cccc(C)c2)cc1. The topological polar surface area (TPSA) is 122 Å². The number of rotatable bonds is 8. The van der Waals surface area contributed by atoms with E-state index in [4.69, 9.17) is 11.6 Å². The Balaban J connectivity index is 1.85. The summed E-state index contributed by atoms with van der Waals surface area (Å²) in [6.07, 6.45) is 1.15. The average Bonchev–Trinajstić information content (AvgIpc) is 2.78. The number of nitrogens with zero attached hydrogens (tertiary/aromatic N) is 3. The molecule has 9 nitrogen and oxygen atoms in total. The second-order valence-electron chi connectivity index (χ2n) is 7.42. The standard InChI is InChI=1S/C23H21ClN4O5S/c1-16-6-9-21(10-7-16)34(32,33)27(19-5-3-4-17(2)12-19)15-23(29)26-25-14-18-13-20(28(30)31)8-11-22(18)24/h3-14H,15H2,1-2H3,(H,26,29)/b25-14-. The molecule has 0 heterocycles. The van der Waals surface area contributed by atoms with E-state index < -0.39 is 27.4 Å². The Bertz CT molecular complexity index is 1360. The van der Waals surface area contributed by atoms with Gasteiger partial charge in [0.05, 0.1) is 21.7 Å². The largest absolute Gasteiger partial charge is 0.271 e. The Labute approximate surface area is 201 Å². The summed E-state index contributed by atoms with van der Waals surface area (Å²) in [5, 5.41) is 14.9. The van der Waals surface area contributed by atoms with E-state index in [1.807, 2.05) is 19.9 Å². The summed E-state index contributed by atoms with van der Waals surface area (Å²) >= 11 is 6.02. The van der Waals surface area contributed by atoms with Gasteiger partial charge in [-0.25, -0.2) is 13.8 Å². The highest BCUT2D eigenvalue weighted by atomic mass is 35.5. The molecule has 0 radical (unpaired) electrons. The molecule has 0 atom stereocenters. The molecule has 0 aliphatic rings. The van der Waals surface area contributed by atoms with Crippen LogP contribution in [0.2, 0.25) is 5.02 Å². The lowest BCUT2D eigenvalue weighted by atomic mass is 10.2. The van der Waals surface area contributed by atoms with Gasteiger partial charge in [0, 0.05) is 22.7 Å². The first-order chi connectivity index (χ1) is 16.1. The normalized spacial score (nSPS) is 11.4. The summed E-state index contributed by atoms with van der Waals surface area (Å²) in [5.74, 6) is -0.713. The van der Waals surface area contributed by atoms with Crippen LogP contribution < -0.4 is 9.73 Å². The van der Waals surface area contributed by atoms with E-state index in [0.29, 0.717) is 5.69 Å². The molecule has 1 N–H and O–H groups in total. The van der Waals surface area contributed by atoms with Gasteiger partial charge in [-0.3, -0.25) is 19.2 Å². The predicted molar refractivity (Wildman–Crippen MR) is 131 cm³/mol. The van der Waals surface area contributed by atoms with Crippen molar-refractivity contribution in [3.63, 3.8) is 0 Å². The maximum absolute atomic E-state index is 13.4. The molecule has 0 saturated heterocycles. The van der Waals surface area contributed by atoms with Gasteiger partial charge in [-0.1, -0.05) is 41.4 Å². The molecular formula is C23H21ClN4O5S. The Morgan fingerprint density at radius 3 is 2.44 bits per heavy atom. The molecule has 0 bridgehead atoms. The Morgan fingerprint density at radius 1 is 1.09 bits per heavy atom. The first kappa shape index (κ1) is 24.9. The lowest BCUT2D eigenvalue weighted by molar-refractivity contribution is -0.384. The van der Waals surface area contributed by atoms with E-state index in [2.05, 4.69) is 10.5 Å². The summed E-state index contributed by atoms with van der Waals surface area (Å²) in [7, 11) is -4.06. The number of nitro groups is 1. The molecule has 0 fully saturated rings. The number of halogens is 1. The number of nitro benzene ring substituents is 1. The van der Waals surface area contributed by atoms with Crippen LogP contribution in [0.15, 0.2) is 76.7 Å². The van der Waals surface area contributed by atoms with Gasteiger partial charge in [0.1, 0.15) is 6.54 Å². The Morgan fingerprint density at radius 2 is 1.79 bits per heavy atom. The number of hydrazone groups is 1. The molecule has 0 saturated carbocycles. The van der Waals surface area contributed by atoms with Crippen molar-refractivity contribution in [2.24, 2.45) is 5.10 Å². The molecular weight excluding hydrogens is 480 g/mol. The summed E-state index contributed by atoms with van der Waals surface area (Å²) < 4.78 is 27.7. The van der Waals surface area contributed by atoms with E-state index in [0.717, 1.165) is 21.6 Å². The van der Waals surface area contributed by atoms with Crippen LogP contribution in [0.25, 0.3) is 0 Å². The third kappa shape index (κ3) is 5.97. The highest BCUT2D eigenvalue weighted by Crippen LogP contribution is 2.25. The zero-order valence-corrected chi connectivity index (χ0v) is 19.9. The quantitative estimate of drug-likeness (QED) is 0.282. The highest BCUT2D eigenvalue weighted by molar-refractivity contribution is 7.92. The lowest BCUT2D eigenvalue weighted by Crippen LogP contribution is -2.39. The highest BCUT2D eigenvalue weighted by Gasteiger charge is 2.27. The third-order valence-corrected chi connectivity index (χ3v) is 6.90. The smallest absolute Gasteiger partial charge is 0.270 e. The number of amides is 1. The molecule has 0 aliphatic carbocycles. The van der Waals surface area contributed by atoms with Crippen LogP contribution in [0.3, 0.4) is 0 Å². The van der Waals surface area contributed by atoms with Crippen molar-refractivity contribution in [2.45, 2.75) is 18.7 Å². The molecule has 34 heavy (non-hydrogen) atoms. The molecule has 0 aliphatic heterocycles. The fraction of sp³-hybridized carbons (Fsp3) is 0.130. The van der Waals surface area contributed by atoms with Gasteiger partial charge in [0.2, 0.25) is 0 Å². The van der Waals surface area contributed by atoms with Crippen LogP contribution in [-0.4, -0.2) is 32.0 Å². The van der Waals surface area contributed by atoms with Gasteiger partial charge in [-0.05, 0) is 49.7 Å². The number of aryl methyl sites for hydroxylation is 2. The van der Waals surface area contributed by atoms with Crippen LogP contribution in [0.5, 0.6) is 0 Å². The average molecular weight is 501 g/mol. The number of hydrogen-bond donors (Lipinski definition) is 1. The van der Waals surface area contributed by atoms with E-state index in [9.17, 15) is 23.3 Å². The molecule has 3 aromatic carbocycles. The van der Waals surface area contributed by atoms with Crippen molar-refractivity contribution >= 4 is 45.1 Å². The van der Waals surface area contributed by atoms with Gasteiger partial charge in [0.15, 0.2) is 0 Å². The Hall–Kier alpha value is -3.76. The Kier molecular flexibility index (Phi) is 7.64. The summed E-state index contributed by atoms with van der Waals surface area (Å²) in [6.45, 7) is 3.11. The van der Waals surface area contributed by atoms with Crippen molar-refractivity contribution in [3.05, 3.63) is 98.6 Å². The van der Waals surface area contributed by atoms with Crippen molar-refractivity contribution < 1.29 is 18.1 Å². The minimum atomic E-state index is -4.06. The number of hydrogen-bond acceptors (Lipinski definition) is 6. The summed E-state index contributed by atoms with van der Waals surface area (Å²) in [6, 6.07) is 16.9. The van der Waals surface area contributed by atoms with E-state index in [1.54, 1.807) is 30.3 Å². The number of benzene rings is 3. The fourth-order valence-electron chi connectivity index (χ4n) is 3.02. The molecule has 0 unspecified atom stereocenters. The zero-order chi connectivity index (χ0) is 24.9. The minimum absolute atomic E-state index is 0.0410. The fourth-order valence-corrected chi connectivity index (χ4v) is 4.60. The maximum atomic E-state index is 13.4. The number of sulfonamides is 1. The molecule has 176 valence electrons. The van der Waals surface area contributed by atoms with E-state index in [1.165, 1.54) is 30.3 Å². The second-order valence-corrected chi connectivity index (χ2v) is 9.69. The maximum Gasteiger partial charge on any atom is 0.270 e. The summed E-state index contributed by atoms with van der Waals surface area (Å²) in [4.78, 5) is 23.0. The molecule has 0 aromatic heterocycles. The first-order valence-electron chi connectivity index (χ1n) is 10.00. The van der Waals surface area contributed by atoms with Crippen LogP contribution in [0.4, 0.5) is 11.4 Å². The van der Waals surface area contributed by atoms with E-state index in [-0.39, 0.29) is 21.2 Å². The number of carbonyl (C=O) groups excluding carboxylic acids is 1. The van der Waals surface area contributed by atoms with Crippen LogP contribution in [0.1, 0.15) is 16.7 Å². The van der Waals surface area contributed by atoms with E-state index >= 15 is 0 Å². The second kappa shape index (κ2) is 10.4. The van der Waals surface area contributed by atoms with Gasteiger partial charge in [-0.2, -0.15) is 5.10 Å².